The van der Waals surface area contributed by atoms with Crippen LogP contribution >= 0.6 is 0 Å². The van der Waals surface area contributed by atoms with E-state index in [1.807, 2.05) is 12.1 Å². The van der Waals surface area contributed by atoms with Crippen LogP contribution in [0.3, 0.4) is 0 Å². The number of hydrogen-bond donors (Lipinski definition) is 2. The standard InChI is InChI=1S/C25H29N3O2/c1-6-7-19-8-10-20(11-9-19)12-13-21-14-16-22(17-15-21)25(30)28(5)23(18(2)26-3)24(29)27-4/h8-11,14-17,23,26H,2,6-7H2,1,3-5H3,(H,27,29). The van der Waals surface area contributed by atoms with Crippen LogP contribution in [-0.4, -0.2) is 43.9 Å². The first kappa shape index (κ1) is 22.8. The second kappa shape index (κ2) is 10.9. The average molecular weight is 404 g/mol. The summed E-state index contributed by atoms with van der Waals surface area (Å²) in [6.07, 6.45) is 2.19. The molecule has 0 radical (unpaired) electrons. The SMILES string of the molecule is C=C(NC)C(C(=O)NC)N(C)C(=O)c1ccc(C#Cc2ccc(CCC)cc2)cc1. The number of nitrogens with zero attached hydrogens (tertiary/aromatic N) is 1. The Hall–Kier alpha value is -3.52. The van der Waals surface area contributed by atoms with Crippen molar-refractivity contribution in [3.63, 3.8) is 0 Å². The second-order valence-electron chi connectivity index (χ2n) is 6.98. The van der Waals surface area contributed by atoms with Gasteiger partial charge in [-0.2, -0.15) is 0 Å². The molecular weight excluding hydrogens is 374 g/mol. The molecule has 5 heteroatoms. The molecule has 2 amide bonds. The molecule has 0 bridgehead atoms. The Balaban J connectivity index is 2.14. The minimum Gasteiger partial charge on any atom is -0.390 e. The normalized spacial score (nSPS) is 10.9. The van der Waals surface area contributed by atoms with Gasteiger partial charge in [-0.1, -0.05) is 43.9 Å². The number of likely N-dealkylation sites (N-methyl/N-ethyl adjacent to an activating group) is 3. The van der Waals surface area contributed by atoms with Gasteiger partial charge in [-0.05, 0) is 48.4 Å². The molecule has 0 saturated carbocycles. The van der Waals surface area contributed by atoms with Crippen LogP contribution in [0.15, 0.2) is 60.8 Å². The van der Waals surface area contributed by atoms with Crippen molar-refractivity contribution in [1.29, 1.82) is 0 Å². The Morgan fingerprint density at radius 3 is 1.97 bits per heavy atom. The second-order valence-corrected chi connectivity index (χ2v) is 6.98. The fraction of sp³-hybridized carbons (Fsp3) is 0.280. The quantitative estimate of drug-likeness (QED) is 0.699. The Bertz CT molecular complexity index is 935. The van der Waals surface area contributed by atoms with Gasteiger partial charge in [-0.25, -0.2) is 0 Å². The molecule has 0 heterocycles. The number of amides is 2. The molecule has 0 saturated heterocycles. The number of hydrogen-bond acceptors (Lipinski definition) is 3. The summed E-state index contributed by atoms with van der Waals surface area (Å²) >= 11 is 0. The third kappa shape index (κ3) is 5.74. The van der Waals surface area contributed by atoms with Crippen LogP contribution in [-0.2, 0) is 11.2 Å². The molecular formula is C25H29N3O2. The molecule has 30 heavy (non-hydrogen) atoms. The molecule has 2 aromatic carbocycles. The fourth-order valence-corrected chi connectivity index (χ4v) is 3.05. The first-order chi connectivity index (χ1) is 14.4. The summed E-state index contributed by atoms with van der Waals surface area (Å²) in [5, 5.41) is 5.42. The molecule has 0 spiro atoms. The van der Waals surface area contributed by atoms with Crippen LogP contribution in [0.1, 0.15) is 40.4 Å². The molecule has 156 valence electrons. The smallest absolute Gasteiger partial charge is 0.254 e. The van der Waals surface area contributed by atoms with Gasteiger partial charge < -0.3 is 15.5 Å². The van der Waals surface area contributed by atoms with Gasteiger partial charge in [-0.15, -0.1) is 0 Å². The van der Waals surface area contributed by atoms with E-state index in [4.69, 9.17) is 0 Å². The van der Waals surface area contributed by atoms with Crippen LogP contribution in [0.4, 0.5) is 0 Å². The van der Waals surface area contributed by atoms with Gasteiger partial charge in [0.15, 0.2) is 0 Å². The van der Waals surface area contributed by atoms with E-state index >= 15 is 0 Å². The Labute approximate surface area is 179 Å². The lowest BCUT2D eigenvalue weighted by Crippen LogP contribution is -2.49. The van der Waals surface area contributed by atoms with Gasteiger partial charge in [-0.3, -0.25) is 9.59 Å². The topological polar surface area (TPSA) is 61.4 Å². The number of benzene rings is 2. The lowest BCUT2D eigenvalue weighted by atomic mass is 10.1. The maximum Gasteiger partial charge on any atom is 0.254 e. The summed E-state index contributed by atoms with van der Waals surface area (Å²) in [4.78, 5) is 26.4. The molecule has 0 fully saturated rings. The largest absolute Gasteiger partial charge is 0.390 e. The van der Waals surface area contributed by atoms with Gasteiger partial charge >= 0.3 is 0 Å². The third-order valence-corrected chi connectivity index (χ3v) is 4.83. The zero-order valence-electron chi connectivity index (χ0n) is 18.1. The Morgan fingerprint density at radius 2 is 1.50 bits per heavy atom. The summed E-state index contributed by atoms with van der Waals surface area (Å²) in [5.74, 6) is 5.69. The highest BCUT2D eigenvalue weighted by Crippen LogP contribution is 2.12. The van der Waals surface area contributed by atoms with Crippen molar-refractivity contribution in [2.75, 3.05) is 21.1 Å². The minimum absolute atomic E-state index is 0.272. The zero-order chi connectivity index (χ0) is 22.1. The maximum atomic E-state index is 12.8. The van der Waals surface area contributed by atoms with E-state index in [1.165, 1.54) is 17.5 Å². The highest BCUT2D eigenvalue weighted by atomic mass is 16.2. The number of rotatable bonds is 7. The third-order valence-electron chi connectivity index (χ3n) is 4.83. The van der Waals surface area contributed by atoms with Gasteiger partial charge in [0.05, 0.1) is 0 Å². The van der Waals surface area contributed by atoms with E-state index in [2.05, 4.69) is 48.1 Å². The molecule has 1 unspecified atom stereocenters. The molecule has 5 nitrogen and oxygen atoms in total. The summed E-state index contributed by atoms with van der Waals surface area (Å²) < 4.78 is 0. The summed E-state index contributed by atoms with van der Waals surface area (Å²) in [5.41, 5.74) is 4.00. The highest BCUT2D eigenvalue weighted by molar-refractivity contribution is 5.98. The van der Waals surface area contributed by atoms with Crippen molar-refractivity contribution in [2.24, 2.45) is 0 Å². The van der Waals surface area contributed by atoms with Crippen LogP contribution < -0.4 is 10.6 Å². The average Bonchev–Trinajstić information content (AvgIpc) is 2.78. The minimum atomic E-state index is -0.803. The number of nitrogens with one attached hydrogen (secondary N) is 2. The van der Waals surface area contributed by atoms with Crippen LogP contribution in [0, 0.1) is 11.8 Å². The van der Waals surface area contributed by atoms with Crippen molar-refractivity contribution < 1.29 is 9.59 Å². The zero-order valence-corrected chi connectivity index (χ0v) is 18.1. The highest BCUT2D eigenvalue weighted by Gasteiger charge is 2.29. The van der Waals surface area contributed by atoms with Crippen LogP contribution in [0.5, 0.6) is 0 Å². The van der Waals surface area contributed by atoms with Crippen molar-refractivity contribution >= 4 is 11.8 Å². The molecule has 0 aliphatic rings. The lowest BCUT2D eigenvalue weighted by molar-refractivity contribution is -0.123. The predicted octanol–water partition coefficient (Wildman–Crippen LogP) is 2.96. The molecule has 2 N–H and O–H groups in total. The monoisotopic (exact) mass is 403 g/mol. The molecule has 1 atom stereocenters. The van der Waals surface area contributed by atoms with Crippen LogP contribution in [0.25, 0.3) is 0 Å². The first-order valence-corrected chi connectivity index (χ1v) is 9.97. The van der Waals surface area contributed by atoms with Gasteiger partial charge in [0.2, 0.25) is 5.91 Å². The number of carbonyl (C=O) groups excluding carboxylic acids is 2. The molecule has 0 aromatic heterocycles. The predicted molar refractivity (Wildman–Crippen MR) is 121 cm³/mol. The first-order valence-electron chi connectivity index (χ1n) is 9.97. The molecule has 0 aliphatic heterocycles. The Kier molecular flexibility index (Phi) is 8.25. The summed E-state index contributed by atoms with van der Waals surface area (Å²) in [6.45, 7) is 6.00. The lowest BCUT2D eigenvalue weighted by Gasteiger charge is -2.28. The van der Waals surface area contributed by atoms with Crippen molar-refractivity contribution in [1.82, 2.24) is 15.5 Å². The van der Waals surface area contributed by atoms with Gasteiger partial charge in [0, 0.05) is 43.5 Å². The van der Waals surface area contributed by atoms with E-state index in [-0.39, 0.29) is 11.8 Å². The summed E-state index contributed by atoms with van der Waals surface area (Å²) in [6, 6.07) is 14.5. The van der Waals surface area contributed by atoms with E-state index in [9.17, 15) is 9.59 Å². The van der Waals surface area contributed by atoms with Crippen LogP contribution in [0.2, 0.25) is 0 Å². The van der Waals surface area contributed by atoms with E-state index in [0.717, 1.165) is 24.0 Å². The van der Waals surface area contributed by atoms with Gasteiger partial charge in [0.1, 0.15) is 6.04 Å². The molecule has 2 aromatic rings. The van der Waals surface area contributed by atoms with E-state index in [0.29, 0.717) is 11.3 Å². The molecule has 2 rings (SSSR count). The maximum absolute atomic E-state index is 12.8. The van der Waals surface area contributed by atoms with E-state index in [1.54, 1.807) is 38.4 Å². The van der Waals surface area contributed by atoms with Crippen molar-refractivity contribution in [3.8, 4) is 11.8 Å². The number of aryl methyl sites for hydroxylation is 1. The van der Waals surface area contributed by atoms with E-state index < -0.39 is 6.04 Å². The van der Waals surface area contributed by atoms with Gasteiger partial charge in [0.25, 0.3) is 5.91 Å². The van der Waals surface area contributed by atoms with Crippen molar-refractivity contribution in [3.05, 3.63) is 83.1 Å². The Morgan fingerprint density at radius 1 is 0.967 bits per heavy atom. The van der Waals surface area contributed by atoms with Crippen molar-refractivity contribution in [2.45, 2.75) is 25.8 Å². The number of carbonyl (C=O) groups is 2. The summed E-state index contributed by atoms with van der Waals surface area (Å²) in [7, 11) is 4.78. The molecule has 0 aliphatic carbocycles. The fourth-order valence-electron chi connectivity index (χ4n) is 3.05.